The van der Waals surface area contributed by atoms with Crippen molar-refractivity contribution in [2.45, 2.75) is 76.8 Å². The highest BCUT2D eigenvalue weighted by Crippen LogP contribution is 2.42. The van der Waals surface area contributed by atoms with Crippen LogP contribution in [0.15, 0.2) is 0 Å². The van der Waals surface area contributed by atoms with E-state index in [0.29, 0.717) is 5.54 Å². The van der Waals surface area contributed by atoms with E-state index in [9.17, 15) is 0 Å². The van der Waals surface area contributed by atoms with E-state index in [0.717, 1.165) is 17.9 Å². The molecule has 19 heavy (non-hydrogen) atoms. The Kier molecular flexibility index (Phi) is 4.19. The SMILES string of the molecule is CCC(C1CCCCC1)N1CCNC(C)(C2CC2)C1. The minimum Gasteiger partial charge on any atom is -0.309 e. The van der Waals surface area contributed by atoms with Crippen molar-refractivity contribution < 1.29 is 0 Å². The molecule has 0 radical (unpaired) electrons. The van der Waals surface area contributed by atoms with Crippen LogP contribution in [0.4, 0.5) is 0 Å². The van der Waals surface area contributed by atoms with Crippen LogP contribution in [-0.2, 0) is 0 Å². The van der Waals surface area contributed by atoms with E-state index in [4.69, 9.17) is 0 Å². The Balaban J connectivity index is 1.64. The van der Waals surface area contributed by atoms with E-state index in [-0.39, 0.29) is 0 Å². The normalized spacial score (nSPS) is 36.3. The number of piperazine rings is 1. The van der Waals surface area contributed by atoms with Crippen LogP contribution in [0.2, 0.25) is 0 Å². The Bertz CT molecular complexity index is 294. The molecule has 2 saturated carbocycles. The van der Waals surface area contributed by atoms with Crippen molar-refractivity contribution in [2.75, 3.05) is 19.6 Å². The Morgan fingerprint density at radius 2 is 1.89 bits per heavy atom. The predicted molar refractivity (Wildman–Crippen MR) is 81.4 cm³/mol. The molecule has 0 spiro atoms. The van der Waals surface area contributed by atoms with E-state index in [1.807, 2.05) is 0 Å². The number of hydrogen-bond donors (Lipinski definition) is 1. The monoisotopic (exact) mass is 264 g/mol. The van der Waals surface area contributed by atoms with Crippen molar-refractivity contribution in [2.24, 2.45) is 11.8 Å². The summed E-state index contributed by atoms with van der Waals surface area (Å²) in [5.74, 6) is 1.94. The third-order valence-corrected chi connectivity index (χ3v) is 6.02. The van der Waals surface area contributed by atoms with Gasteiger partial charge in [0.15, 0.2) is 0 Å². The molecule has 0 aromatic heterocycles. The van der Waals surface area contributed by atoms with Gasteiger partial charge in [-0.15, -0.1) is 0 Å². The molecule has 1 saturated heterocycles. The lowest BCUT2D eigenvalue weighted by Crippen LogP contribution is -2.62. The Hall–Kier alpha value is -0.0800. The highest BCUT2D eigenvalue weighted by Gasteiger charge is 2.45. The number of nitrogens with zero attached hydrogens (tertiary/aromatic N) is 1. The summed E-state index contributed by atoms with van der Waals surface area (Å²) in [6, 6.07) is 0.862. The zero-order chi connectivity index (χ0) is 13.3. The number of hydrogen-bond acceptors (Lipinski definition) is 2. The smallest absolute Gasteiger partial charge is 0.0309 e. The lowest BCUT2D eigenvalue weighted by Gasteiger charge is -2.47. The molecule has 2 heteroatoms. The Morgan fingerprint density at radius 3 is 2.53 bits per heavy atom. The molecular formula is C17H32N2. The van der Waals surface area contributed by atoms with Gasteiger partial charge in [-0.05, 0) is 50.9 Å². The summed E-state index contributed by atoms with van der Waals surface area (Å²) in [5, 5.41) is 3.83. The quantitative estimate of drug-likeness (QED) is 0.837. The van der Waals surface area contributed by atoms with Crippen LogP contribution in [0.3, 0.4) is 0 Å². The lowest BCUT2D eigenvalue weighted by molar-refractivity contribution is 0.0483. The molecule has 110 valence electrons. The van der Waals surface area contributed by atoms with Crippen LogP contribution >= 0.6 is 0 Å². The molecule has 3 rings (SSSR count). The lowest BCUT2D eigenvalue weighted by atomic mass is 9.81. The summed E-state index contributed by atoms with van der Waals surface area (Å²) in [6.45, 7) is 8.67. The van der Waals surface area contributed by atoms with E-state index in [2.05, 4.69) is 24.1 Å². The zero-order valence-corrected chi connectivity index (χ0v) is 13.0. The van der Waals surface area contributed by atoms with Crippen LogP contribution in [0.5, 0.6) is 0 Å². The summed E-state index contributed by atoms with van der Waals surface area (Å²) in [5.41, 5.74) is 0.417. The van der Waals surface area contributed by atoms with Gasteiger partial charge < -0.3 is 5.32 Å². The van der Waals surface area contributed by atoms with Gasteiger partial charge in [0.1, 0.15) is 0 Å². The molecule has 0 amide bonds. The maximum atomic E-state index is 3.83. The second-order valence-corrected chi connectivity index (χ2v) is 7.46. The van der Waals surface area contributed by atoms with E-state index in [1.165, 1.54) is 71.0 Å². The largest absolute Gasteiger partial charge is 0.309 e. The summed E-state index contributed by atoms with van der Waals surface area (Å²) in [6.07, 6.45) is 11.7. The predicted octanol–water partition coefficient (Wildman–Crippen LogP) is 3.42. The molecule has 3 aliphatic rings. The van der Waals surface area contributed by atoms with Gasteiger partial charge in [-0.2, -0.15) is 0 Å². The van der Waals surface area contributed by atoms with Gasteiger partial charge in [0.25, 0.3) is 0 Å². The zero-order valence-electron chi connectivity index (χ0n) is 13.0. The molecule has 1 aliphatic heterocycles. The minimum absolute atomic E-state index is 0.417. The molecule has 3 fully saturated rings. The Labute approximate surface area is 119 Å². The van der Waals surface area contributed by atoms with Gasteiger partial charge in [0.2, 0.25) is 0 Å². The molecular weight excluding hydrogens is 232 g/mol. The standard InChI is InChI=1S/C17H32N2/c1-3-16(14-7-5-4-6-8-14)19-12-11-18-17(2,13-19)15-9-10-15/h14-16,18H,3-13H2,1-2H3. The molecule has 0 aromatic carbocycles. The fraction of sp³-hybridized carbons (Fsp3) is 1.00. The van der Waals surface area contributed by atoms with Gasteiger partial charge in [-0.25, -0.2) is 0 Å². The topological polar surface area (TPSA) is 15.3 Å². The molecule has 0 aromatic rings. The second-order valence-electron chi connectivity index (χ2n) is 7.46. The van der Waals surface area contributed by atoms with Gasteiger partial charge in [0.05, 0.1) is 0 Å². The Morgan fingerprint density at radius 1 is 1.16 bits per heavy atom. The first-order valence-electron chi connectivity index (χ1n) is 8.72. The summed E-state index contributed by atoms with van der Waals surface area (Å²) in [4.78, 5) is 2.85. The third-order valence-electron chi connectivity index (χ3n) is 6.02. The fourth-order valence-electron chi connectivity index (χ4n) is 4.73. The third kappa shape index (κ3) is 3.00. The number of rotatable bonds is 4. The van der Waals surface area contributed by atoms with Gasteiger partial charge in [0, 0.05) is 31.2 Å². The van der Waals surface area contributed by atoms with Crippen LogP contribution in [0, 0.1) is 11.8 Å². The number of nitrogens with one attached hydrogen (secondary N) is 1. The molecule has 1 heterocycles. The molecule has 2 nitrogen and oxygen atoms in total. The maximum Gasteiger partial charge on any atom is 0.0309 e. The summed E-state index contributed by atoms with van der Waals surface area (Å²) < 4.78 is 0. The van der Waals surface area contributed by atoms with Crippen molar-refractivity contribution in [1.29, 1.82) is 0 Å². The molecule has 2 aliphatic carbocycles. The minimum atomic E-state index is 0.417. The van der Waals surface area contributed by atoms with Crippen LogP contribution in [0.1, 0.15) is 65.2 Å². The van der Waals surface area contributed by atoms with E-state index >= 15 is 0 Å². The molecule has 1 N–H and O–H groups in total. The van der Waals surface area contributed by atoms with Crippen molar-refractivity contribution >= 4 is 0 Å². The summed E-state index contributed by atoms with van der Waals surface area (Å²) >= 11 is 0. The van der Waals surface area contributed by atoms with E-state index < -0.39 is 0 Å². The van der Waals surface area contributed by atoms with Gasteiger partial charge >= 0.3 is 0 Å². The first-order valence-corrected chi connectivity index (χ1v) is 8.72. The highest BCUT2D eigenvalue weighted by atomic mass is 15.2. The molecule has 2 unspecified atom stereocenters. The van der Waals surface area contributed by atoms with Crippen molar-refractivity contribution in [3.05, 3.63) is 0 Å². The molecule has 0 bridgehead atoms. The average Bonchev–Trinajstić information content (AvgIpc) is 3.26. The fourth-order valence-corrected chi connectivity index (χ4v) is 4.73. The van der Waals surface area contributed by atoms with Crippen LogP contribution < -0.4 is 5.32 Å². The van der Waals surface area contributed by atoms with Crippen LogP contribution in [-0.4, -0.2) is 36.1 Å². The van der Waals surface area contributed by atoms with Gasteiger partial charge in [-0.3, -0.25) is 4.90 Å². The van der Waals surface area contributed by atoms with Gasteiger partial charge in [-0.1, -0.05) is 26.2 Å². The van der Waals surface area contributed by atoms with E-state index in [1.54, 1.807) is 0 Å². The summed E-state index contributed by atoms with van der Waals surface area (Å²) in [7, 11) is 0. The van der Waals surface area contributed by atoms with Crippen molar-refractivity contribution in [3.63, 3.8) is 0 Å². The second kappa shape index (κ2) is 5.73. The average molecular weight is 264 g/mol. The molecule has 2 atom stereocenters. The van der Waals surface area contributed by atoms with Crippen molar-refractivity contribution in [1.82, 2.24) is 10.2 Å². The highest BCUT2D eigenvalue weighted by molar-refractivity contribution is 5.03. The van der Waals surface area contributed by atoms with Crippen molar-refractivity contribution in [3.8, 4) is 0 Å². The first-order chi connectivity index (χ1) is 9.23. The first kappa shape index (κ1) is 13.9. The van der Waals surface area contributed by atoms with Crippen LogP contribution in [0.25, 0.3) is 0 Å². The maximum absolute atomic E-state index is 3.83.